The molecule has 14 heavy (non-hydrogen) atoms. The summed E-state index contributed by atoms with van der Waals surface area (Å²) in [5.74, 6) is 0.469. The van der Waals surface area contributed by atoms with E-state index in [9.17, 15) is 0 Å². The van der Waals surface area contributed by atoms with Gasteiger partial charge >= 0.3 is 0 Å². The number of hydrogen-bond donors (Lipinski definition) is 0. The standard InChI is InChI=1S/C9H18BrClO3/c1-9(7-10,8-11)14-6-5-13-4-3-12-2/h3-8H2,1-2H3. The minimum atomic E-state index is -0.299. The number of alkyl halides is 2. The molecule has 0 aliphatic heterocycles. The van der Waals surface area contributed by atoms with Crippen LogP contribution in [0, 0.1) is 0 Å². The van der Waals surface area contributed by atoms with Gasteiger partial charge in [-0.15, -0.1) is 11.6 Å². The van der Waals surface area contributed by atoms with Crippen molar-refractivity contribution in [1.29, 1.82) is 0 Å². The van der Waals surface area contributed by atoms with Gasteiger partial charge in [0.25, 0.3) is 0 Å². The fourth-order valence-electron chi connectivity index (χ4n) is 0.704. The fraction of sp³-hybridized carbons (Fsp3) is 1.00. The van der Waals surface area contributed by atoms with Gasteiger partial charge in [0.2, 0.25) is 0 Å². The zero-order chi connectivity index (χ0) is 10.9. The molecule has 5 heteroatoms. The quantitative estimate of drug-likeness (QED) is 0.480. The molecule has 0 bridgehead atoms. The highest BCUT2D eigenvalue weighted by molar-refractivity contribution is 9.09. The van der Waals surface area contributed by atoms with E-state index < -0.39 is 0 Å². The number of rotatable bonds is 9. The Morgan fingerprint density at radius 1 is 1.21 bits per heavy atom. The molecule has 0 spiro atoms. The lowest BCUT2D eigenvalue weighted by molar-refractivity contribution is -0.0353. The maximum absolute atomic E-state index is 5.76. The van der Waals surface area contributed by atoms with Crippen molar-refractivity contribution in [2.75, 3.05) is 44.7 Å². The number of ether oxygens (including phenoxy) is 3. The zero-order valence-corrected chi connectivity index (χ0v) is 11.1. The molecule has 0 aromatic heterocycles. The molecule has 0 fully saturated rings. The van der Waals surface area contributed by atoms with Crippen molar-refractivity contribution < 1.29 is 14.2 Å². The first-order valence-corrected chi connectivity index (χ1v) is 6.16. The number of halogens is 2. The molecule has 86 valence electrons. The summed E-state index contributed by atoms with van der Waals surface area (Å²) >= 11 is 9.11. The van der Waals surface area contributed by atoms with Crippen molar-refractivity contribution in [3.05, 3.63) is 0 Å². The smallest absolute Gasteiger partial charge is 0.0886 e. The van der Waals surface area contributed by atoms with Gasteiger partial charge in [-0.2, -0.15) is 0 Å². The van der Waals surface area contributed by atoms with Crippen LogP contribution in [0.2, 0.25) is 0 Å². The highest BCUT2D eigenvalue weighted by atomic mass is 79.9. The van der Waals surface area contributed by atoms with Gasteiger partial charge < -0.3 is 14.2 Å². The van der Waals surface area contributed by atoms with Crippen LogP contribution >= 0.6 is 27.5 Å². The van der Waals surface area contributed by atoms with E-state index >= 15 is 0 Å². The Bertz CT molecular complexity index is 131. The Hall–Kier alpha value is 0.650. The average molecular weight is 290 g/mol. The summed E-state index contributed by atoms with van der Waals surface area (Å²) in [6.45, 7) is 4.31. The lowest BCUT2D eigenvalue weighted by Crippen LogP contribution is -2.34. The van der Waals surface area contributed by atoms with E-state index in [0.29, 0.717) is 32.3 Å². The number of hydrogen-bond acceptors (Lipinski definition) is 3. The molecular formula is C9H18BrClO3. The van der Waals surface area contributed by atoms with Crippen molar-refractivity contribution in [2.24, 2.45) is 0 Å². The monoisotopic (exact) mass is 288 g/mol. The summed E-state index contributed by atoms with van der Waals surface area (Å²) in [7, 11) is 1.65. The van der Waals surface area contributed by atoms with Gasteiger partial charge in [-0.3, -0.25) is 0 Å². The summed E-state index contributed by atoms with van der Waals surface area (Å²) in [4.78, 5) is 0. The fourth-order valence-corrected chi connectivity index (χ4v) is 1.46. The van der Waals surface area contributed by atoms with Crippen LogP contribution in [-0.4, -0.2) is 50.3 Å². The Kier molecular flexibility index (Phi) is 9.33. The molecule has 0 amide bonds. The van der Waals surface area contributed by atoms with E-state index in [0.717, 1.165) is 5.33 Å². The van der Waals surface area contributed by atoms with Gasteiger partial charge in [-0.1, -0.05) is 15.9 Å². The Morgan fingerprint density at radius 3 is 2.36 bits per heavy atom. The molecule has 0 aromatic carbocycles. The molecule has 1 unspecified atom stereocenters. The highest BCUT2D eigenvalue weighted by Crippen LogP contribution is 2.15. The molecule has 1 atom stereocenters. The van der Waals surface area contributed by atoms with Gasteiger partial charge in [-0.25, -0.2) is 0 Å². The van der Waals surface area contributed by atoms with Crippen LogP contribution in [0.1, 0.15) is 6.92 Å². The van der Waals surface area contributed by atoms with E-state index in [4.69, 9.17) is 25.8 Å². The predicted molar refractivity (Wildman–Crippen MR) is 61.6 cm³/mol. The van der Waals surface area contributed by atoms with Crippen molar-refractivity contribution in [3.63, 3.8) is 0 Å². The molecule has 0 saturated carbocycles. The molecule has 0 saturated heterocycles. The van der Waals surface area contributed by atoms with Gasteiger partial charge in [0.1, 0.15) is 0 Å². The van der Waals surface area contributed by atoms with Crippen LogP contribution < -0.4 is 0 Å². The summed E-state index contributed by atoms with van der Waals surface area (Å²) in [5.41, 5.74) is -0.299. The molecular weight excluding hydrogens is 271 g/mol. The molecule has 0 heterocycles. The Morgan fingerprint density at radius 2 is 1.86 bits per heavy atom. The topological polar surface area (TPSA) is 27.7 Å². The maximum Gasteiger partial charge on any atom is 0.0886 e. The summed E-state index contributed by atoms with van der Waals surface area (Å²) in [6.07, 6.45) is 0. The van der Waals surface area contributed by atoms with Crippen LogP contribution in [0.25, 0.3) is 0 Å². The van der Waals surface area contributed by atoms with E-state index in [-0.39, 0.29) is 5.60 Å². The molecule has 0 aromatic rings. The van der Waals surface area contributed by atoms with Crippen LogP contribution in [0.4, 0.5) is 0 Å². The third-order valence-electron chi connectivity index (χ3n) is 1.68. The van der Waals surface area contributed by atoms with E-state index in [2.05, 4.69) is 15.9 Å². The second-order valence-electron chi connectivity index (χ2n) is 3.17. The lowest BCUT2D eigenvalue weighted by atomic mass is 10.2. The lowest BCUT2D eigenvalue weighted by Gasteiger charge is -2.24. The molecule has 0 N–H and O–H groups in total. The maximum atomic E-state index is 5.76. The normalized spacial score (nSPS) is 15.4. The van der Waals surface area contributed by atoms with Gasteiger partial charge in [0, 0.05) is 12.4 Å². The molecule has 0 aliphatic rings. The van der Waals surface area contributed by atoms with Crippen LogP contribution in [0.3, 0.4) is 0 Å². The zero-order valence-electron chi connectivity index (χ0n) is 8.72. The first kappa shape index (κ1) is 14.6. The van der Waals surface area contributed by atoms with Crippen LogP contribution in [0.15, 0.2) is 0 Å². The van der Waals surface area contributed by atoms with Crippen molar-refractivity contribution in [2.45, 2.75) is 12.5 Å². The van der Waals surface area contributed by atoms with Crippen LogP contribution in [-0.2, 0) is 14.2 Å². The summed E-state index contributed by atoms with van der Waals surface area (Å²) in [6, 6.07) is 0. The first-order valence-electron chi connectivity index (χ1n) is 4.51. The summed E-state index contributed by atoms with van der Waals surface area (Å²) in [5, 5.41) is 0.724. The van der Waals surface area contributed by atoms with Crippen molar-refractivity contribution >= 4 is 27.5 Å². The SMILES string of the molecule is COCCOCCOC(C)(CCl)CBr. The van der Waals surface area contributed by atoms with Gasteiger partial charge in [0.05, 0.1) is 37.9 Å². The largest absolute Gasteiger partial charge is 0.382 e. The predicted octanol–water partition coefficient (Wildman–Crippen LogP) is 2.06. The Balaban J connectivity index is 3.34. The first-order chi connectivity index (χ1) is 6.68. The number of methoxy groups -OCH3 is 1. The van der Waals surface area contributed by atoms with E-state index in [1.165, 1.54) is 0 Å². The third-order valence-corrected chi connectivity index (χ3v) is 3.43. The van der Waals surface area contributed by atoms with Crippen molar-refractivity contribution in [3.8, 4) is 0 Å². The Labute approximate surface area is 99.2 Å². The van der Waals surface area contributed by atoms with E-state index in [1.54, 1.807) is 7.11 Å². The second kappa shape index (κ2) is 8.92. The summed E-state index contributed by atoms with van der Waals surface area (Å²) < 4.78 is 15.7. The average Bonchev–Trinajstić information content (AvgIpc) is 2.23. The minimum Gasteiger partial charge on any atom is -0.382 e. The second-order valence-corrected chi connectivity index (χ2v) is 4.00. The van der Waals surface area contributed by atoms with Crippen LogP contribution in [0.5, 0.6) is 0 Å². The third kappa shape index (κ3) is 7.01. The van der Waals surface area contributed by atoms with Gasteiger partial charge in [0.15, 0.2) is 0 Å². The molecule has 3 nitrogen and oxygen atoms in total. The van der Waals surface area contributed by atoms with E-state index in [1.807, 2.05) is 6.92 Å². The van der Waals surface area contributed by atoms with Gasteiger partial charge in [-0.05, 0) is 6.92 Å². The van der Waals surface area contributed by atoms with Crippen molar-refractivity contribution in [1.82, 2.24) is 0 Å². The molecule has 0 aliphatic carbocycles. The minimum absolute atomic E-state index is 0.299. The highest BCUT2D eigenvalue weighted by Gasteiger charge is 2.21. The molecule has 0 rings (SSSR count). The molecule has 0 radical (unpaired) electrons.